The zero-order chi connectivity index (χ0) is 9.14. The molecule has 1 rings (SSSR count). The summed E-state index contributed by atoms with van der Waals surface area (Å²) in [7, 11) is 0. The van der Waals surface area contributed by atoms with E-state index in [1.165, 1.54) is 16.7 Å². The highest BCUT2D eigenvalue weighted by molar-refractivity contribution is 5.85. The van der Waals surface area contributed by atoms with Gasteiger partial charge in [0.25, 0.3) is 0 Å². The van der Waals surface area contributed by atoms with Gasteiger partial charge in [-0.3, -0.25) is 0 Å². The van der Waals surface area contributed by atoms with Crippen molar-refractivity contribution in [3.05, 3.63) is 41.5 Å². The number of anilines is 1. The van der Waals surface area contributed by atoms with Gasteiger partial charge in [0.05, 0.1) is 0 Å². The molecule has 0 fully saturated rings. The van der Waals surface area contributed by atoms with Gasteiger partial charge < -0.3 is 5.73 Å². The van der Waals surface area contributed by atoms with Crippen LogP contribution in [0.1, 0.15) is 16.7 Å². The molecule has 0 heterocycles. The largest absolute Gasteiger partial charge is 0.399 e. The van der Waals surface area contributed by atoms with E-state index < -0.39 is 0 Å². The van der Waals surface area contributed by atoms with Gasteiger partial charge in [0.2, 0.25) is 0 Å². The summed E-state index contributed by atoms with van der Waals surface area (Å²) < 4.78 is 0. The molecule has 0 atom stereocenters. The molecular formula is C11H16ClN. The fourth-order valence-corrected chi connectivity index (χ4v) is 1.27. The van der Waals surface area contributed by atoms with Crippen LogP contribution in [0.2, 0.25) is 0 Å². The minimum absolute atomic E-state index is 0. The van der Waals surface area contributed by atoms with Crippen molar-refractivity contribution in [2.45, 2.75) is 20.3 Å². The minimum atomic E-state index is 0. The molecule has 1 nitrogen and oxygen atoms in total. The first-order valence-corrected chi connectivity index (χ1v) is 4.12. The predicted octanol–water partition coefficient (Wildman–Crippen LogP) is 3.04. The monoisotopic (exact) mass is 197 g/mol. The average Bonchev–Trinajstić information content (AvgIpc) is 2.07. The van der Waals surface area contributed by atoms with E-state index in [1.807, 2.05) is 12.1 Å². The number of benzene rings is 1. The summed E-state index contributed by atoms with van der Waals surface area (Å²) in [6, 6.07) is 4.03. The van der Waals surface area contributed by atoms with Crippen molar-refractivity contribution in [2.24, 2.45) is 0 Å². The first-order valence-electron chi connectivity index (χ1n) is 4.12. The smallest absolute Gasteiger partial charge is 0.0346 e. The molecule has 0 aliphatic heterocycles. The Kier molecular flexibility index (Phi) is 4.57. The summed E-state index contributed by atoms with van der Waals surface area (Å²) in [6.07, 6.45) is 2.84. The van der Waals surface area contributed by atoms with E-state index in [-0.39, 0.29) is 12.4 Å². The van der Waals surface area contributed by atoms with Gasteiger partial charge in [-0.25, -0.2) is 0 Å². The van der Waals surface area contributed by atoms with Gasteiger partial charge in [-0.2, -0.15) is 0 Å². The Hall–Kier alpha value is -0.950. The van der Waals surface area contributed by atoms with Crippen molar-refractivity contribution >= 4 is 18.1 Å². The van der Waals surface area contributed by atoms with Gasteiger partial charge in [0, 0.05) is 5.69 Å². The van der Waals surface area contributed by atoms with Crippen molar-refractivity contribution in [2.75, 3.05) is 5.73 Å². The van der Waals surface area contributed by atoms with Crippen LogP contribution >= 0.6 is 12.4 Å². The lowest BCUT2D eigenvalue weighted by molar-refractivity contribution is 1.19. The Balaban J connectivity index is 0.00000144. The zero-order valence-electron chi connectivity index (χ0n) is 8.13. The van der Waals surface area contributed by atoms with Crippen LogP contribution in [0.4, 0.5) is 5.69 Å². The second-order valence-electron chi connectivity index (χ2n) is 3.06. The highest BCUT2D eigenvalue weighted by Gasteiger charge is 2.01. The third kappa shape index (κ3) is 2.49. The normalized spacial score (nSPS) is 9.08. The van der Waals surface area contributed by atoms with Crippen LogP contribution in [0.5, 0.6) is 0 Å². The molecule has 1 aromatic rings. The summed E-state index contributed by atoms with van der Waals surface area (Å²) in [4.78, 5) is 0. The number of hydrogen-bond acceptors (Lipinski definition) is 1. The Morgan fingerprint density at radius 1 is 1.31 bits per heavy atom. The molecule has 0 amide bonds. The third-order valence-electron chi connectivity index (χ3n) is 2.31. The fourth-order valence-electron chi connectivity index (χ4n) is 1.27. The standard InChI is InChI=1S/C11H15N.ClH/c1-4-5-10-6-7-11(12)9(3)8(10)2;/h4,6-7H,1,5,12H2,2-3H3;1H. The van der Waals surface area contributed by atoms with E-state index in [1.54, 1.807) is 0 Å². The van der Waals surface area contributed by atoms with Crippen molar-refractivity contribution < 1.29 is 0 Å². The number of allylic oxidation sites excluding steroid dienone is 1. The SMILES string of the molecule is C=CCc1ccc(N)c(C)c1C.Cl. The molecule has 0 unspecified atom stereocenters. The molecular weight excluding hydrogens is 182 g/mol. The maximum absolute atomic E-state index is 5.76. The molecule has 2 N–H and O–H groups in total. The van der Waals surface area contributed by atoms with Gasteiger partial charge >= 0.3 is 0 Å². The van der Waals surface area contributed by atoms with Crippen LogP contribution in [-0.4, -0.2) is 0 Å². The van der Waals surface area contributed by atoms with E-state index in [4.69, 9.17) is 5.73 Å². The second kappa shape index (κ2) is 4.93. The number of nitrogens with two attached hydrogens (primary N) is 1. The Bertz CT molecular complexity index is 305. The van der Waals surface area contributed by atoms with Crippen molar-refractivity contribution in [1.29, 1.82) is 0 Å². The van der Waals surface area contributed by atoms with Crippen molar-refractivity contribution in [1.82, 2.24) is 0 Å². The molecule has 0 aliphatic rings. The highest BCUT2D eigenvalue weighted by atomic mass is 35.5. The summed E-state index contributed by atoms with van der Waals surface area (Å²) in [5.74, 6) is 0. The lowest BCUT2D eigenvalue weighted by Crippen LogP contribution is -1.96. The second-order valence-corrected chi connectivity index (χ2v) is 3.06. The first kappa shape index (κ1) is 12.0. The van der Waals surface area contributed by atoms with Gasteiger partial charge in [-0.15, -0.1) is 19.0 Å². The molecule has 0 radical (unpaired) electrons. The molecule has 0 saturated heterocycles. The molecule has 0 bridgehead atoms. The third-order valence-corrected chi connectivity index (χ3v) is 2.31. The van der Waals surface area contributed by atoms with Crippen LogP contribution in [0, 0.1) is 13.8 Å². The number of nitrogen functional groups attached to an aromatic ring is 1. The number of rotatable bonds is 2. The number of hydrogen-bond donors (Lipinski definition) is 1. The zero-order valence-corrected chi connectivity index (χ0v) is 8.95. The van der Waals surface area contributed by atoms with Crippen LogP contribution in [0.25, 0.3) is 0 Å². The lowest BCUT2D eigenvalue weighted by Gasteiger charge is -2.08. The Morgan fingerprint density at radius 3 is 2.46 bits per heavy atom. The van der Waals surface area contributed by atoms with E-state index in [2.05, 4.69) is 26.5 Å². The van der Waals surface area contributed by atoms with E-state index in [0.717, 1.165) is 12.1 Å². The maximum atomic E-state index is 5.76. The van der Waals surface area contributed by atoms with Crippen LogP contribution in [0.3, 0.4) is 0 Å². The summed E-state index contributed by atoms with van der Waals surface area (Å²) in [5.41, 5.74) is 10.4. The quantitative estimate of drug-likeness (QED) is 0.573. The van der Waals surface area contributed by atoms with Crippen molar-refractivity contribution in [3.8, 4) is 0 Å². The van der Waals surface area contributed by atoms with Crippen molar-refractivity contribution in [3.63, 3.8) is 0 Å². The van der Waals surface area contributed by atoms with Gasteiger partial charge in [0.1, 0.15) is 0 Å². The van der Waals surface area contributed by atoms with Crippen LogP contribution in [0.15, 0.2) is 24.8 Å². The maximum Gasteiger partial charge on any atom is 0.0346 e. The van der Waals surface area contributed by atoms with E-state index in [9.17, 15) is 0 Å². The summed E-state index contributed by atoms with van der Waals surface area (Å²) >= 11 is 0. The molecule has 0 saturated carbocycles. The molecule has 1 aromatic carbocycles. The van der Waals surface area contributed by atoms with Gasteiger partial charge in [0.15, 0.2) is 0 Å². The van der Waals surface area contributed by atoms with E-state index in [0.29, 0.717) is 0 Å². The Morgan fingerprint density at radius 2 is 1.92 bits per heavy atom. The molecule has 0 aliphatic carbocycles. The molecule has 0 spiro atoms. The minimum Gasteiger partial charge on any atom is -0.399 e. The molecule has 0 aromatic heterocycles. The molecule has 2 heteroatoms. The Labute approximate surface area is 86.1 Å². The van der Waals surface area contributed by atoms with Crippen LogP contribution < -0.4 is 5.73 Å². The average molecular weight is 198 g/mol. The van der Waals surface area contributed by atoms with E-state index >= 15 is 0 Å². The highest BCUT2D eigenvalue weighted by Crippen LogP contribution is 2.19. The van der Waals surface area contributed by atoms with Crippen LogP contribution in [-0.2, 0) is 6.42 Å². The summed E-state index contributed by atoms with van der Waals surface area (Å²) in [6.45, 7) is 7.87. The lowest BCUT2D eigenvalue weighted by atomic mass is 10.00. The first-order chi connectivity index (χ1) is 5.66. The van der Waals surface area contributed by atoms with Gasteiger partial charge in [-0.05, 0) is 43.0 Å². The predicted molar refractivity (Wildman–Crippen MR) is 61.5 cm³/mol. The fraction of sp³-hybridized carbons (Fsp3) is 0.273. The molecule has 13 heavy (non-hydrogen) atoms. The molecule has 72 valence electrons. The number of halogens is 1. The summed E-state index contributed by atoms with van der Waals surface area (Å²) in [5, 5.41) is 0. The van der Waals surface area contributed by atoms with Gasteiger partial charge in [-0.1, -0.05) is 12.1 Å². The topological polar surface area (TPSA) is 26.0 Å².